The van der Waals surface area contributed by atoms with Gasteiger partial charge < -0.3 is 10.1 Å². The maximum atomic E-state index is 12.9. The Hall–Kier alpha value is -2.18. The summed E-state index contributed by atoms with van der Waals surface area (Å²) in [6, 6.07) is 7.72. The van der Waals surface area contributed by atoms with Gasteiger partial charge in [0.25, 0.3) is 5.91 Å². The first kappa shape index (κ1) is 25.4. The molecule has 1 amide bonds. The van der Waals surface area contributed by atoms with Crippen LogP contribution in [-0.4, -0.2) is 53.3 Å². The van der Waals surface area contributed by atoms with Gasteiger partial charge in [-0.15, -0.1) is 0 Å². The molecule has 180 valence electrons. The van der Waals surface area contributed by atoms with Gasteiger partial charge in [-0.25, -0.2) is 21.6 Å². The first-order valence-corrected chi connectivity index (χ1v) is 13.6. The van der Waals surface area contributed by atoms with Crippen LogP contribution >= 0.6 is 11.6 Å². The van der Waals surface area contributed by atoms with Gasteiger partial charge in [0.2, 0.25) is 20.0 Å². The average molecular weight is 516 g/mol. The zero-order valence-electron chi connectivity index (χ0n) is 18.5. The lowest BCUT2D eigenvalue weighted by molar-refractivity contribution is 0.102. The summed E-state index contributed by atoms with van der Waals surface area (Å²) in [6.07, 6.45) is 1.53. The van der Waals surface area contributed by atoms with E-state index < -0.39 is 26.0 Å². The quantitative estimate of drug-likeness (QED) is 0.557. The Bertz CT molecular complexity index is 1260. The Morgan fingerprint density at radius 1 is 1.06 bits per heavy atom. The highest BCUT2D eigenvalue weighted by Gasteiger charge is 2.30. The van der Waals surface area contributed by atoms with Crippen LogP contribution in [0.2, 0.25) is 5.02 Å². The van der Waals surface area contributed by atoms with Crippen LogP contribution in [0.3, 0.4) is 0 Å². The lowest BCUT2D eigenvalue weighted by atomic mass is 10.2. The number of anilines is 1. The van der Waals surface area contributed by atoms with Gasteiger partial charge >= 0.3 is 0 Å². The molecular weight excluding hydrogens is 490 g/mol. The number of hydrogen-bond acceptors (Lipinski definition) is 6. The molecule has 3 rings (SSSR count). The maximum absolute atomic E-state index is 12.9. The SMILES string of the molecule is COc1ccc(S(=O)(=O)NC(C)C)cc1NC(=O)c1ccc(Cl)c(S(=O)(=O)N2CCCC2)c1. The third kappa shape index (κ3) is 5.67. The maximum Gasteiger partial charge on any atom is 0.255 e. The molecule has 33 heavy (non-hydrogen) atoms. The van der Waals surface area contributed by atoms with Crippen LogP contribution in [0.25, 0.3) is 0 Å². The van der Waals surface area contributed by atoms with Crippen molar-refractivity contribution in [3.63, 3.8) is 0 Å². The monoisotopic (exact) mass is 515 g/mol. The number of methoxy groups -OCH3 is 1. The van der Waals surface area contributed by atoms with E-state index in [1.54, 1.807) is 13.8 Å². The number of amides is 1. The predicted molar refractivity (Wildman–Crippen MR) is 126 cm³/mol. The van der Waals surface area contributed by atoms with Crippen molar-refractivity contribution in [3.8, 4) is 5.75 Å². The second kappa shape index (κ2) is 9.98. The summed E-state index contributed by atoms with van der Waals surface area (Å²) in [4.78, 5) is 12.7. The van der Waals surface area contributed by atoms with E-state index in [0.29, 0.717) is 13.1 Å². The summed E-state index contributed by atoms with van der Waals surface area (Å²) in [5, 5.41) is 2.62. The Morgan fingerprint density at radius 3 is 2.33 bits per heavy atom. The third-order valence-electron chi connectivity index (χ3n) is 5.00. The molecule has 0 bridgehead atoms. The van der Waals surface area contributed by atoms with Crippen molar-refractivity contribution in [2.24, 2.45) is 0 Å². The smallest absolute Gasteiger partial charge is 0.255 e. The predicted octanol–water partition coefficient (Wildman–Crippen LogP) is 3.07. The van der Waals surface area contributed by atoms with Crippen LogP contribution in [0, 0.1) is 0 Å². The highest BCUT2D eigenvalue weighted by Crippen LogP contribution is 2.30. The molecule has 1 aliphatic rings. The summed E-state index contributed by atoms with van der Waals surface area (Å²) in [6.45, 7) is 4.19. The van der Waals surface area contributed by atoms with E-state index in [1.807, 2.05) is 0 Å². The number of benzene rings is 2. The van der Waals surface area contributed by atoms with Gasteiger partial charge in [0.15, 0.2) is 0 Å². The molecule has 12 heteroatoms. The molecule has 0 atom stereocenters. The van der Waals surface area contributed by atoms with E-state index in [9.17, 15) is 21.6 Å². The Balaban J connectivity index is 1.94. The summed E-state index contributed by atoms with van der Waals surface area (Å²) < 4.78 is 60.0. The van der Waals surface area contributed by atoms with Crippen molar-refractivity contribution >= 4 is 43.2 Å². The van der Waals surface area contributed by atoms with Crippen LogP contribution in [0.4, 0.5) is 5.69 Å². The number of rotatable bonds is 8. The fourth-order valence-electron chi connectivity index (χ4n) is 3.43. The minimum atomic E-state index is -3.84. The van der Waals surface area contributed by atoms with E-state index in [-0.39, 0.29) is 37.9 Å². The van der Waals surface area contributed by atoms with Crippen molar-refractivity contribution < 1.29 is 26.4 Å². The molecule has 1 fully saturated rings. The van der Waals surface area contributed by atoms with Crippen LogP contribution in [0.5, 0.6) is 5.75 Å². The van der Waals surface area contributed by atoms with Gasteiger partial charge in [-0.05, 0) is 63.1 Å². The zero-order valence-corrected chi connectivity index (χ0v) is 20.8. The molecule has 9 nitrogen and oxygen atoms in total. The van der Waals surface area contributed by atoms with Crippen LogP contribution < -0.4 is 14.8 Å². The second-order valence-electron chi connectivity index (χ2n) is 7.85. The first-order chi connectivity index (χ1) is 15.5. The topological polar surface area (TPSA) is 122 Å². The van der Waals surface area contributed by atoms with Gasteiger partial charge in [-0.2, -0.15) is 4.31 Å². The van der Waals surface area contributed by atoms with E-state index in [1.165, 1.54) is 47.8 Å². The molecule has 0 radical (unpaired) electrons. The van der Waals surface area contributed by atoms with Crippen molar-refractivity contribution in [1.82, 2.24) is 9.03 Å². The molecule has 2 aromatic rings. The number of hydrogen-bond donors (Lipinski definition) is 2. The second-order valence-corrected chi connectivity index (χ2v) is 11.9. The molecule has 0 unspecified atom stereocenters. The van der Waals surface area contributed by atoms with E-state index >= 15 is 0 Å². The minimum absolute atomic E-state index is 0.0175. The van der Waals surface area contributed by atoms with Gasteiger partial charge in [0.1, 0.15) is 10.6 Å². The number of halogens is 1. The van der Waals surface area contributed by atoms with Crippen molar-refractivity contribution in [2.75, 3.05) is 25.5 Å². The number of carbonyl (C=O) groups is 1. The lowest BCUT2D eigenvalue weighted by Crippen LogP contribution is -2.30. The molecule has 1 saturated heterocycles. The van der Waals surface area contributed by atoms with Gasteiger partial charge in [-0.3, -0.25) is 4.79 Å². The summed E-state index contributed by atoms with van der Waals surface area (Å²) in [5.41, 5.74) is 0.167. The van der Waals surface area contributed by atoms with E-state index in [0.717, 1.165) is 12.8 Å². The van der Waals surface area contributed by atoms with E-state index in [4.69, 9.17) is 16.3 Å². The highest BCUT2D eigenvalue weighted by molar-refractivity contribution is 7.89. The number of sulfonamides is 2. The Labute approximate surface area is 199 Å². The lowest BCUT2D eigenvalue weighted by Gasteiger charge is -2.17. The fraction of sp³-hybridized carbons (Fsp3) is 0.381. The Kier molecular flexibility index (Phi) is 7.69. The molecule has 0 aromatic heterocycles. The number of carbonyl (C=O) groups excluding carboxylic acids is 1. The van der Waals surface area contributed by atoms with Gasteiger partial charge in [-0.1, -0.05) is 11.6 Å². The van der Waals surface area contributed by atoms with Crippen molar-refractivity contribution in [2.45, 2.75) is 42.5 Å². The number of nitrogens with one attached hydrogen (secondary N) is 2. The highest BCUT2D eigenvalue weighted by atomic mass is 35.5. The molecule has 2 N–H and O–H groups in total. The summed E-state index contributed by atoms with van der Waals surface area (Å²) in [5.74, 6) is -0.403. The molecule has 0 saturated carbocycles. The normalized spacial score (nSPS) is 15.1. The largest absolute Gasteiger partial charge is 0.495 e. The summed E-state index contributed by atoms with van der Waals surface area (Å²) in [7, 11) is -6.26. The average Bonchev–Trinajstić information content (AvgIpc) is 3.29. The standard InChI is InChI=1S/C21H26ClN3O6S2/c1-14(2)24-32(27,28)16-7-9-19(31-3)18(13-16)23-21(26)15-6-8-17(22)20(12-15)33(29,30)25-10-4-5-11-25/h6-9,12-14,24H,4-5,10-11H2,1-3H3,(H,23,26). The number of nitrogens with zero attached hydrogens (tertiary/aromatic N) is 1. The first-order valence-electron chi connectivity index (χ1n) is 10.3. The zero-order chi connectivity index (χ0) is 24.4. The molecule has 1 aliphatic heterocycles. The van der Waals surface area contributed by atoms with Crippen LogP contribution in [-0.2, 0) is 20.0 Å². The molecule has 2 aromatic carbocycles. The number of ether oxygens (including phenoxy) is 1. The fourth-order valence-corrected chi connectivity index (χ4v) is 6.73. The minimum Gasteiger partial charge on any atom is -0.495 e. The van der Waals surface area contributed by atoms with Gasteiger partial charge in [0.05, 0.1) is 22.7 Å². The molecule has 1 heterocycles. The van der Waals surface area contributed by atoms with Crippen molar-refractivity contribution in [1.29, 1.82) is 0 Å². The van der Waals surface area contributed by atoms with Crippen molar-refractivity contribution in [3.05, 3.63) is 47.0 Å². The summed E-state index contributed by atoms with van der Waals surface area (Å²) >= 11 is 6.15. The van der Waals surface area contributed by atoms with E-state index in [2.05, 4.69) is 10.0 Å². The molecular formula is C21H26ClN3O6S2. The van der Waals surface area contributed by atoms with Crippen LogP contribution in [0.15, 0.2) is 46.2 Å². The molecule has 0 aliphatic carbocycles. The molecule has 0 spiro atoms. The Morgan fingerprint density at radius 2 is 1.73 bits per heavy atom. The van der Waals surface area contributed by atoms with Gasteiger partial charge in [0, 0.05) is 24.7 Å². The third-order valence-corrected chi connectivity index (χ3v) is 9.03. The van der Waals surface area contributed by atoms with Crippen LogP contribution in [0.1, 0.15) is 37.0 Å².